The van der Waals surface area contributed by atoms with Crippen molar-refractivity contribution in [2.75, 3.05) is 23.4 Å². The minimum absolute atomic E-state index is 0.0868. The summed E-state index contributed by atoms with van der Waals surface area (Å²) in [6.07, 6.45) is 0. The Morgan fingerprint density at radius 2 is 2.00 bits per heavy atom. The van der Waals surface area contributed by atoms with E-state index in [0.29, 0.717) is 27.2 Å². The zero-order valence-electron chi connectivity index (χ0n) is 12.8. The Labute approximate surface area is 149 Å². The molecular formula is C17H14Cl2N2O3. The minimum Gasteiger partial charge on any atom is -0.482 e. The number of anilines is 2. The second-order valence-electron chi connectivity index (χ2n) is 5.42. The molecule has 0 aromatic heterocycles. The second kappa shape index (κ2) is 6.71. The largest absolute Gasteiger partial charge is 0.482 e. The number of nitrogens with one attached hydrogen (secondary N) is 1. The van der Waals surface area contributed by atoms with E-state index < -0.39 is 0 Å². The second-order valence-corrected chi connectivity index (χ2v) is 6.23. The topological polar surface area (TPSA) is 58.6 Å². The van der Waals surface area contributed by atoms with Gasteiger partial charge in [-0.15, -0.1) is 0 Å². The normalized spacial score (nSPS) is 13.3. The number of hydrogen-bond acceptors (Lipinski definition) is 3. The number of carbonyl (C=O) groups excluding carboxylic acids is 2. The van der Waals surface area contributed by atoms with Crippen LogP contribution in [0.1, 0.15) is 5.56 Å². The van der Waals surface area contributed by atoms with Gasteiger partial charge in [0.1, 0.15) is 12.3 Å². The first-order valence-corrected chi connectivity index (χ1v) is 7.98. The maximum atomic E-state index is 12.3. The molecule has 0 radical (unpaired) electrons. The lowest BCUT2D eigenvalue weighted by atomic mass is 10.1. The summed E-state index contributed by atoms with van der Waals surface area (Å²) in [5, 5.41) is 3.45. The Balaban J connectivity index is 1.76. The third-order valence-corrected chi connectivity index (χ3v) is 4.30. The van der Waals surface area contributed by atoms with E-state index in [0.717, 1.165) is 5.56 Å². The number of fused-ring (bicyclic) bond motifs is 1. The first-order valence-electron chi connectivity index (χ1n) is 7.23. The van der Waals surface area contributed by atoms with Gasteiger partial charge in [-0.2, -0.15) is 0 Å². The molecule has 1 aliphatic rings. The van der Waals surface area contributed by atoms with Gasteiger partial charge >= 0.3 is 0 Å². The molecule has 0 unspecified atom stereocenters. The van der Waals surface area contributed by atoms with Gasteiger partial charge in [0.15, 0.2) is 6.61 Å². The molecule has 1 aliphatic heterocycles. The molecule has 7 heteroatoms. The van der Waals surface area contributed by atoms with E-state index in [2.05, 4.69) is 5.32 Å². The molecule has 2 aromatic rings. The lowest BCUT2D eigenvalue weighted by Gasteiger charge is -2.29. The first-order chi connectivity index (χ1) is 11.4. The Hall–Kier alpha value is -2.24. The fourth-order valence-electron chi connectivity index (χ4n) is 2.40. The summed E-state index contributed by atoms with van der Waals surface area (Å²) in [7, 11) is 0. The summed E-state index contributed by atoms with van der Waals surface area (Å²) >= 11 is 11.8. The van der Waals surface area contributed by atoms with Gasteiger partial charge in [-0.25, -0.2) is 0 Å². The van der Waals surface area contributed by atoms with E-state index in [9.17, 15) is 9.59 Å². The van der Waals surface area contributed by atoms with Crippen molar-refractivity contribution in [1.82, 2.24) is 0 Å². The minimum atomic E-state index is -0.338. The summed E-state index contributed by atoms with van der Waals surface area (Å²) in [6.45, 7) is 1.73. The molecule has 1 heterocycles. The van der Waals surface area contributed by atoms with Gasteiger partial charge in [0.05, 0.1) is 15.7 Å². The molecule has 0 saturated carbocycles. The summed E-state index contributed by atoms with van der Waals surface area (Å²) < 4.78 is 5.42. The maximum absolute atomic E-state index is 12.3. The van der Waals surface area contributed by atoms with Crippen LogP contribution in [-0.2, 0) is 9.59 Å². The van der Waals surface area contributed by atoms with Crippen molar-refractivity contribution in [2.24, 2.45) is 0 Å². The summed E-state index contributed by atoms with van der Waals surface area (Å²) in [4.78, 5) is 25.8. The predicted molar refractivity (Wildman–Crippen MR) is 94.1 cm³/mol. The van der Waals surface area contributed by atoms with Crippen molar-refractivity contribution in [3.05, 3.63) is 52.0 Å². The Morgan fingerprint density at radius 3 is 2.75 bits per heavy atom. The van der Waals surface area contributed by atoms with Gasteiger partial charge in [0, 0.05) is 5.69 Å². The van der Waals surface area contributed by atoms with Crippen molar-refractivity contribution in [1.29, 1.82) is 0 Å². The smallest absolute Gasteiger partial charge is 0.265 e. The number of rotatable bonds is 3. The molecule has 124 valence electrons. The van der Waals surface area contributed by atoms with Crippen LogP contribution >= 0.6 is 23.2 Å². The average Bonchev–Trinajstić information content (AvgIpc) is 2.53. The number of amides is 2. The quantitative estimate of drug-likeness (QED) is 0.903. The van der Waals surface area contributed by atoms with Crippen molar-refractivity contribution < 1.29 is 14.3 Å². The standard InChI is InChI=1S/C17H14Cl2N2O3/c1-10-2-5-14-15(6-10)24-9-17(23)21(14)8-16(22)20-11-3-4-12(18)13(19)7-11/h2-7H,8-9H2,1H3,(H,20,22). The van der Waals surface area contributed by atoms with Crippen LogP contribution in [0.3, 0.4) is 0 Å². The number of ether oxygens (including phenoxy) is 1. The molecule has 0 spiro atoms. The SMILES string of the molecule is Cc1ccc2c(c1)OCC(=O)N2CC(=O)Nc1ccc(Cl)c(Cl)c1. The third-order valence-electron chi connectivity index (χ3n) is 3.56. The van der Waals surface area contributed by atoms with Crippen molar-refractivity contribution in [3.63, 3.8) is 0 Å². The number of hydrogen-bond donors (Lipinski definition) is 1. The Kier molecular flexibility index (Phi) is 4.64. The number of aryl methyl sites for hydroxylation is 1. The molecule has 0 aliphatic carbocycles. The molecule has 2 aromatic carbocycles. The summed E-state index contributed by atoms with van der Waals surface area (Å²) in [6, 6.07) is 10.3. The highest BCUT2D eigenvalue weighted by Gasteiger charge is 2.27. The van der Waals surface area contributed by atoms with E-state index >= 15 is 0 Å². The molecular weight excluding hydrogens is 351 g/mol. The monoisotopic (exact) mass is 364 g/mol. The third kappa shape index (κ3) is 3.47. The van der Waals surface area contributed by atoms with Crippen LogP contribution in [0, 0.1) is 6.92 Å². The van der Waals surface area contributed by atoms with Gasteiger partial charge in [-0.05, 0) is 42.8 Å². The van der Waals surface area contributed by atoms with Crippen LogP contribution in [0.25, 0.3) is 0 Å². The van der Waals surface area contributed by atoms with Crippen LogP contribution in [-0.4, -0.2) is 25.0 Å². The van der Waals surface area contributed by atoms with Crippen LogP contribution in [0.4, 0.5) is 11.4 Å². The highest BCUT2D eigenvalue weighted by molar-refractivity contribution is 6.42. The van der Waals surface area contributed by atoms with E-state index in [4.69, 9.17) is 27.9 Å². The molecule has 2 amide bonds. The number of benzene rings is 2. The fourth-order valence-corrected chi connectivity index (χ4v) is 2.70. The first kappa shape index (κ1) is 16.6. The van der Waals surface area contributed by atoms with Crippen LogP contribution in [0.15, 0.2) is 36.4 Å². The maximum Gasteiger partial charge on any atom is 0.265 e. The lowest BCUT2D eigenvalue weighted by Crippen LogP contribution is -2.43. The van der Waals surface area contributed by atoms with E-state index in [-0.39, 0.29) is 25.0 Å². The lowest BCUT2D eigenvalue weighted by molar-refractivity contribution is -0.123. The number of nitrogens with zero attached hydrogens (tertiary/aromatic N) is 1. The molecule has 24 heavy (non-hydrogen) atoms. The van der Waals surface area contributed by atoms with Gasteiger partial charge < -0.3 is 10.1 Å². The molecule has 0 fully saturated rings. The fraction of sp³-hybridized carbons (Fsp3) is 0.176. The average molecular weight is 365 g/mol. The predicted octanol–water partition coefficient (Wildman–Crippen LogP) is 3.67. The number of carbonyl (C=O) groups is 2. The van der Waals surface area contributed by atoms with Gasteiger partial charge in [0.25, 0.3) is 5.91 Å². The van der Waals surface area contributed by atoms with Crippen molar-refractivity contribution in [2.45, 2.75) is 6.92 Å². The van der Waals surface area contributed by atoms with Gasteiger partial charge in [-0.1, -0.05) is 29.3 Å². The van der Waals surface area contributed by atoms with Crippen LogP contribution in [0.2, 0.25) is 10.0 Å². The molecule has 3 rings (SSSR count). The highest BCUT2D eigenvalue weighted by Crippen LogP contribution is 2.32. The molecule has 5 nitrogen and oxygen atoms in total. The Morgan fingerprint density at radius 1 is 1.21 bits per heavy atom. The highest BCUT2D eigenvalue weighted by atomic mass is 35.5. The van der Waals surface area contributed by atoms with Crippen molar-refractivity contribution >= 4 is 46.4 Å². The Bertz CT molecular complexity index is 823. The zero-order valence-corrected chi connectivity index (χ0v) is 14.3. The van der Waals surface area contributed by atoms with E-state index in [1.54, 1.807) is 24.3 Å². The molecule has 0 saturated heterocycles. The number of halogens is 2. The molecule has 0 atom stereocenters. The van der Waals surface area contributed by atoms with Crippen molar-refractivity contribution in [3.8, 4) is 5.75 Å². The van der Waals surface area contributed by atoms with Crippen LogP contribution in [0.5, 0.6) is 5.75 Å². The van der Waals surface area contributed by atoms with E-state index in [1.807, 2.05) is 19.1 Å². The van der Waals surface area contributed by atoms with E-state index in [1.165, 1.54) is 4.90 Å². The molecule has 0 bridgehead atoms. The summed E-state index contributed by atoms with van der Waals surface area (Å²) in [5.41, 5.74) is 2.11. The van der Waals surface area contributed by atoms with Gasteiger partial charge in [-0.3, -0.25) is 14.5 Å². The molecule has 1 N–H and O–H groups in total. The summed E-state index contributed by atoms with van der Waals surface area (Å²) in [5.74, 6) is -0.0113. The zero-order chi connectivity index (χ0) is 17.3. The van der Waals surface area contributed by atoms with Crippen LogP contribution < -0.4 is 15.0 Å². The van der Waals surface area contributed by atoms with Gasteiger partial charge in [0.2, 0.25) is 5.91 Å².